The van der Waals surface area contributed by atoms with Gasteiger partial charge in [0.05, 0.1) is 0 Å². The van der Waals surface area contributed by atoms with Gasteiger partial charge in [-0.2, -0.15) is 8.49 Å². The normalized spacial score (nSPS) is 14.9. The SMILES string of the molecule is CN(N)OS(=O)O. The fourth-order valence-electron chi connectivity index (χ4n) is 0.101. The maximum Gasteiger partial charge on any atom is 0.321 e. The highest BCUT2D eigenvalue weighted by Crippen LogP contribution is 1.75. The van der Waals surface area contributed by atoms with Crippen LogP contribution in [0.5, 0.6) is 0 Å². The van der Waals surface area contributed by atoms with Gasteiger partial charge in [0, 0.05) is 7.05 Å². The smallest absolute Gasteiger partial charge is 0.283 e. The van der Waals surface area contributed by atoms with Crippen LogP contribution in [-0.4, -0.2) is 21.0 Å². The molecular formula is CH6N2O3S. The molecule has 6 heteroatoms. The quantitative estimate of drug-likeness (QED) is 0.278. The van der Waals surface area contributed by atoms with Gasteiger partial charge in [0.1, 0.15) is 0 Å². The molecule has 0 aromatic heterocycles. The van der Waals surface area contributed by atoms with E-state index in [1.807, 2.05) is 0 Å². The molecule has 0 heterocycles. The standard InChI is InChI=1S/CH6N2O3S/c1-3(2)6-7(4)5/h2H2,1H3,(H,4,5). The first kappa shape index (κ1) is 6.99. The minimum Gasteiger partial charge on any atom is -0.283 e. The van der Waals surface area contributed by atoms with Gasteiger partial charge in [-0.15, -0.1) is 5.17 Å². The average Bonchev–Trinajstić information content (AvgIpc) is 1.27. The van der Waals surface area contributed by atoms with Crippen molar-refractivity contribution < 1.29 is 13.0 Å². The lowest BCUT2D eigenvalue weighted by atomic mass is 11.5. The Bertz CT molecular complexity index is 73.3. The molecule has 3 N–H and O–H groups in total. The minimum absolute atomic E-state index is 0.649. The monoisotopic (exact) mass is 126 g/mol. The lowest BCUT2D eigenvalue weighted by Crippen LogP contribution is -2.26. The molecule has 0 amide bonds. The van der Waals surface area contributed by atoms with Crippen LogP contribution in [0, 0.1) is 0 Å². The first-order valence-electron chi connectivity index (χ1n) is 1.40. The molecule has 1 unspecified atom stereocenters. The van der Waals surface area contributed by atoms with Gasteiger partial charge in [-0.25, -0.2) is 5.84 Å². The van der Waals surface area contributed by atoms with Crippen LogP contribution in [0.3, 0.4) is 0 Å². The van der Waals surface area contributed by atoms with E-state index in [0.717, 1.165) is 0 Å². The Morgan fingerprint density at radius 3 is 2.43 bits per heavy atom. The van der Waals surface area contributed by atoms with Gasteiger partial charge in [0.15, 0.2) is 0 Å². The van der Waals surface area contributed by atoms with Crippen molar-refractivity contribution in [1.82, 2.24) is 5.17 Å². The molecule has 44 valence electrons. The van der Waals surface area contributed by atoms with E-state index in [1.54, 1.807) is 0 Å². The van der Waals surface area contributed by atoms with E-state index in [9.17, 15) is 4.21 Å². The molecule has 7 heavy (non-hydrogen) atoms. The summed E-state index contributed by atoms with van der Waals surface area (Å²) in [6.07, 6.45) is 0. The van der Waals surface area contributed by atoms with Crippen molar-refractivity contribution >= 4 is 11.4 Å². The predicted molar refractivity (Wildman–Crippen MR) is 23.8 cm³/mol. The summed E-state index contributed by atoms with van der Waals surface area (Å²) in [6.45, 7) is 0. The highest BCUT2D eigenvalue weighted by Gasteiger charge is 1.92. The topological polar surface area (TPSA) is 75.8 Å². The van der Waals surface area contributed by atoms with E-state index in [-0.39, 0.29) is 0 Å². The molecule has 0 saturated heterocycles. The number of nitrogens with zero attached hydrogens (tertiary/aromatic N) is 1. The van der Waals surface area contributed by atoms with E-state index in [2.05, 4.69) is 4.28 Å². The fourth-order valence-corrected chi connectivity index (χ4v) is 0.302. The number of hydroxylamine groups is 1. The van der Waals surface area contributed by atoms with Crippen LogP contribution in [0.15, 0.2) is 0 Å². The van der Waals surface area contributed by atoms with Crippen LogP contribution in [0.4, 0.5) is 0 Å². The molecule has 0 bridgehead atoms. The highest BCUT2D eigenvalue weighted by atomic mass is 32.2. The summed E-state index contributed by atoms with van der Waals surface area (Å²) in [7, 11) is 1.30. The number of hydrogen-bond acceptors (Lipinski definition) is 4. The largest absolute Gasteiger partial charge is 0.321 e. The molecule has 0 fully saturated rings. The maximum absolute atomic E-state index is 9.58. The summed E-state index contributed by atoms with van der Waals surface area (Å²) in [5.41, 5.74) is 0. The van der Waals surface area contributed by atoms with Crippen molar-refractivity contribution in [2.75, 3.05) is 7.05 Å². The van der Waals surface area contributed by atoms with Gasteiger partial charge >= 0.3 is 11.4 Å². The molecule has 0 aliphatic carbocycles. The Hall–Kier alpha value is -0.0100. The zero-order valence-corrected chi connectivity index (χ0v) is 4.51. The molecule has 0 saturated carbocycles. The van der Waals surface area contributed by atoms with Gasteiger partial charge < -0.3 is 0 Å². The molecule has 5 nitrogen and oxygen atoms in total. The number of nitrogens with two attached hydrogens (primary N) is 1. The van der Waals surface area contributed by atoms with E-state index in [1.165, 1.54) is 7.05 Å². The summed E-state index contributed by atoms with van der Waals surface area (Å²) in [5.74, 6) is 4.75. The number of rotatable bonds is 2. The van der Waals surface area contributed by atoms with Crippen LogP contribution in [0.1, 0.15) is 0 Å². The molecule has 0 aromatic carbocycles. The van der Waals surface area contributed by atoms with Crippen LogP contribution in [0.25, 0.3) is 0 Å². The van der Waals surface area contributed by atoms with E-state index >= 15 is 0 Å². The van der Waals surface area contributed by atoms with Crippen LogP contribution >= 0.6 is 0 Å². The molecule has 0 aliphatic heterocycles. The molecular weight excluding hydrogens is 120 g/mol. The van der Waals surface area contributed by atoms with Crippen molar-refractivity contribution in [2.24, 2.45) is 5.84 Å². The van der Waals surface area contributed by atoms with Gasteiger partial charge in [0.25, 0.3) is 0 Å². The molecule has 0 aliphatic rings. The molecule has 0 spiro atoms. The second-order valence-corrected chi connectivity index (χ2v) is 1.42. The van der Waals surface area contributed by atoms with Crippen LogP contribution in [-0.2, 0) is 15.6 Å². The van der Waals surface area contributed by atoms with Crippen molar-refractivity contribution in [3.63, 3.8) is 0 Å². The minimum atomic E-state index is -2.29. The lowest BCUT2D eigenvalue weighted by molar-refractivity contribution is -0.0267. The van der Waals surface area contributed by atoms with E-state index in [0.29, 0.717) is 5.17 Å². The number of hydrazine groups is 1. The van der Waals surface area contributed by atoms with Crippen LogP contribution < -0.4 is 5.84 Å². The fraction of sp³-hybridized carbons (Fsp3) is 1.00. The second kappa shape index (κ2) is 3.05. The molecule has 0 radical (unpaired) electrons. The third kappa shape index (κ3) is 5.99. The van der Waals surface area contributed by atoms with Gasteiger partial charge in [-0.05, 0) is 0 Å². The van der Waals surface area contributed by atoms with Gasteiger partial charge in [-0.3, -0.25) is 4.55 Å². The Labute approximate surface area is 43.5 Å². The van der Waals surface area contributed by atoms with E-state index < -0.39 is 11.4 Å². The van der Waals surface area contributed by atoms with Crippen LogP contribution in [0.2, 0.25) is 0 Å². The predicted octanol–water partition coefficient (Wildman–Crippen LogP) is -1.14. The molecule has 0 rings (SSSR count). The van der Waals surface area contributed by atoms with Crippen molar-refractivity contribution in [3.05, 3.63) is 0 Å². The molecule has 0 aromatic rings. The summed E-state index contributed by atoms with van der Waals surface area (Å²) >= 11 is -2.29. The Kier molecular flexibility index (Phi) is 3.05. The van der Waals surface area contributed by atoms with E-state index in [4.69, 9.17) is 10.4 Å². The van der Waals surface area contributed by atoms with Crippen molar-refractivity contribution in [3.8, 4) is 0 Å². The molecule has 1 atom stereocenters. The number of hydrogen-bond donors (Lipinski definition) is 2. The highest BCUT2D eigenvalue weighted by molar-refractivity contribution is 7.74. The first-order valence-corrected chi connectivity index (χ1v) is 2.44. The summed E-state index contributed by atoms with van der Waals surface area (Å²) in [4.78, 5) is 0. The Balaban J connectivity index is 3.13. The summed E-state index contributed by atoms with van der Waals surface area (Å²) < 4.78 is 21.3. The summed E-state index contributed by atoms with van der Waals surface area (Å²) in [6, 6.07) is 0. The summed E-state index contributed by atoms with van der Waals surface area (Å²) in [5, 5.41) is 0.649. The first-order chi connectivity index (χ1) is 3.13. The van der Waals surface area contributed by atoms with Gasteiger partial charge in [-0.1, -0.05) is 0 Å². The zero-order chi connectivity index (χ0) is 5.86. The third-order valence-corrected chi connectivity index (χ3v) is 0.544. The Morgan fingerprint density at radius 1 is 2.00 bits per heavy atom. The average molecular weight is 126 g/mol. The van der Waals surface area contributed by atoms with Crippen molar-refractivity contribution in [1.29, 1.82) is 0 Å². The third-order valence-electron chi connectivity index (χ3n) is 0.181. The second-order valence-electron chi connectivity index (χ2n) is 0.838. The van der Waals surface area contributed by atoms with Crippen molar-refractivity contribution in [2.45, 2.75) is 0 Å². The lowest BCUT2D eigenvalue weighted by Gasteiger charge is -2.01. The maximum atomic E-state index is 9.58. The Morgan fingerprint density at radius 2 is 2.43 bits per heavy atom. The zero-order valence-electron chi connectivity index (χ0n) is 3.70. The van der Waals surface area contributed by atoms with Gasteiger partial charge in [0.2, 0.25) is 0 Å².